The maximum atomic E-state index is 12.4. The molecule has 25 heavy (non-hydrogen) atoms. The maximum absolute atomic E-state index is 12.4. The molecule has 2 aromatic rings. The number of amides is 1. The van der Waals surface area contributed by atoms with Crippen LogP contribution in [0.25, 0.3) is 0 Å². The number of hydrogen-bond donors (Lipinski definition) is 1. The fourth-order valence-electron chi connectivity index (χ4n) is 2.95. The molecule has 0 radical (unpaired) electrons. The summed E-state index contributed by atoms with van der Waals surface area (Å²) in [6, 6.07) is 9.47. The minimum absolute atomic E-state index is 0.0745. The van der Waals surface area contributed by atoms with E-state index >= 15 is 0 Å². The first-order valence-corrected chi connectivity index (χ1v) is 8.78. The van der Waals surface area contributed by atoms with E-state index in [0.717, 1.165) is 37.7 Å². The molecule has 0 spiro atoms. The zero-order valence-electron chi connectivity index (χ0n) is 14.2. The Bertz CT molecular complexity index is 704. The minimum Gasteiger partial charge on any atom is -0.297 e. The number of hydrogen-bond acceptors (Lipinski definition) is 5. The van der Waals surface area contributed by atoms with E-state index in [0.29, 0.717) is 5.95 Å². The number of aromatic nitrogens is 2. The molecule has 1 N–H and O–H groups in total. The van der Waals surface area contributed by atoms with Crippen molar-refractivity contribution in [1.29, 1.82) is 0 Å². The fourth-order valence-corrected chi connectivity index (χ4v) is 3.16. The van der Waals surface area contributed by atoms with Gasteiger partial charge >= 0.3 is 0 Å². The average molecular weight is 360 g/mol. The quantitative estimate of drug-likeness (QED) is 0.887. The molecule has 1 atom stereocenters. The van der Waals surface area contributed by atoms with Gasteiger partial charge in [-0.15, -0.1) is 0 Å². The van der Waals surface area contributed by atoms with Crippen molar-refractivity contribution in [3.8, 4) is 0 Å². The van der Waals surface area contributed by atoms with Gasteiger partial charge in [0, 0.05) is 50.1 Å². The van der Waals surface area contributed by atoms with Gasteiger partial charge in [0.05, 0.1) is 6.04 Å². The number of anilines is 1. The van der Waals surface area contributed by atoms with Crippen LogP contribution in [0.15, 0.2) is 42.7 Å². The van der Waals surface area contributed by atoms with Crippen LogP contribution in [0, 0.1) is 0 Å². The third kappa shape index (κ3) is 4.98. The van der Waals surface area contributed by atoms with Gasteiger partial charge in [-0.05, 0) is 30.7 Å². The van der Waals surface area contributed by atoms with E-state index in [9.17, 15) is 4.79 Å². The number of piperazine rings is 1. The van der Waals surface area contributed by atoms with Gasteiger partial charge in [-0.2, -0.15) is 0 Å². The van der Waals surface area contributed by atoms with Gasteiger partial charge in [0.15, 0.2) is 0 Å². The van der Waals surface area contributed by atoms with Crippen LogP contribution in [-0.4, -0.2) is 57.9 Å². The molecule has 0 saturated carbocycles. The van der Waals surface area contributed by atoms with Crippen molar-refractivity contribution >= 4 is 23.5 Å². The van der Waals surface area contributed by atoms with Crippen molar-refractivity contribution in [2.45, 2.75) is 19.5 Å². The van der Waals surface area contributed by atoms with E-state index in [2.05, 4.69) is 31.2 Å². The molecule has 2 heterocycles. The lowest BCUT2D eigenvalue weighted by molar-refractivity contribution is -0.121. The predicted octanol–water partition coefficient (Wildman–Crippen LogP) is 2.27. The molecule has 1 fully saturated rings. The van der Waals surface area contributed by atoms with Gasteiger partial charge in [-0.25, -0.2) is 9.97 Å². The Kier molecular flexibility index (Phi) is 5.96. The SMILES string of the molecule is CC(C(=O)Nc1ncccn1)N1CCN(Cc2cccc(Cl)c2)CC1. The zero-order chi connectivity index (χ0) is 17.6. The number of carbonyl (C=O) groups excluding carboxylic acids is 1. The van der Waals surface area contributed by atoms with Gasteiger partial charge in [0.25, 0.3) is 0 Å². The summed E-state index contributed by atoms with van der Waals surface area (Å²) >= 11 is 6.05. The summed E-state index contributed by atoms with van der Waals surface area (Å²) in [5.74, 6) is 0.272. The Morgan fingerprint density at radius 1 is 1.20 bits per heavy atom. The molecule has 1 amide bonds. The number of benzene rings is 1. The summed E-state index contributed by atoms with van der Waals surface area (Å²) in [5.41, 5.74) is 1.22. The summed E-state index contributed by atoms with van der Waals surface area (Å²) in [6.07, 6.45) is 3.23. The molecule has 1 aromatic carbocycles. The largest absolute Gasteiger partial charge is 0.297 e. The van der Waals surface area contributed by atoms with Crippen LogP contribution >= 0.6 is 11.6 Å². The van der Waals surface area contributed by atoms with E-state index in [1.54, 1.807) is 18.5 Å². The van der Waals surface area contributed by atoms with Crippen molar-refractivity contribution < 1.29 is 4.79 Å². The Morgan fingerprint density at radius 3 is 2.60 bits per heavy atom. The summed E-state index contributed by atoms with van der Waals surface area (Å²) < 4.78 is 0. The lowest BCUT2D eigenvalue weighted by Crippen LogP contribution is -2.52. The topological polar surface area (TPSA) is 61.4 Å². The van der Waals surface area contributed by atoms with E-state index in [-0.39, 0.29) is 11.9 Å². The second-order valence-corrected chi connectivity index (χ2v) is 6.62. The second kappa shape index (κ2) is 8.38. The third-order valence-electron chi connectivity index (χ3n) is 4.43. The molecule has 7 heteroatoms. The van der Waals surface area contributed by atoms with Crippen LogP contribution in [0.3, 0.4) is 0 Å². The van der Waals surface area contributed by atoms with E-state index in [4.69, 9.17) is 11.6 Å². The lowest BCUT2D eigenvalue weighted by Gasteiger charge is -2.37. The zero-order valence-corrected chi connectivity index (χ0v) is 15.0. The fraction of sp³-hybridized carbons (Fsp3) is 0.389. The summed E-state index contributed by atoms with van der Waals surface area (Å²) in [4.78, 5) is 25.0. The number of nitrogens with one attached hydrogen (secondary N) is 1. The molecule has 0 bridgehead atoms. The van der Waals surface area contributed by atoms with Crippen molar-refractivity contribution in [3.05, 3.63) is 53.3 Å². The monoisotopic (exact) mass is 359 g/mol. The molecule has 0 aliphatic carbocycles. The first-order chi connectivity index (χ1) is 12.1. The number of nitrogens with zero attached hydrogens (tertiary/aromatic N) is 4. The number of carbonyl (C=O) groups is 1. The van der Waals surface area contributed by atoms with Gasteiger partial charge in [0.1, 0.15) is 0 Å². The van der Waals surface area contributed by atoms with Gasteiger partial charge in [0.2, 0.25) is 11.9 Å². The van der Waals surface area contributed by atoms with Crippen LogP contribution in [0.4, 0.5) is 5.95 Å². The van der Waals surface area contributed by atoms with Crippen LogP contribution in [0.2, 0.25) is 5.02 Å². The molecule has 1 aliphatic rings. The van der Waals surface area contributed by atoms with Crippen molar-refractivity contribution in [2.24, 2.45) is 0 Å². The van der Waals surface area contributed by atoms with Crippen molar-refractivity contribution in [1.82, 2.24) is 19.8 Å². The molecular weight excluding hydrogens is 338 g/mol. The highest BCUT2D eigenvalue weighted by molar-refractivity contribution is 6.30. The normalized spacial score (nSPS) is 17.2. The Labute approximate surface area is 152 Å². The lowest BCUT2D eigenvalue weighted by atomic mass is 10.1. The van der Waals surface area contributed by atoms with Gasteiger partial charge in [-0.1, -0.05) is 23.7 Å². The van der Waals surface area contributed by atoms with Crippen LogP contribution < -0.4 is 5.32 Å². The molecular formula is C18H22ClN5O. The van der Waals surface area contributed by atoms with Gasteiger partial charge < -0.3 is 0 Å². The van der Waals surface area contributed by atoms with Crippen molar-refractivity contribution in [3.63, 3.8) is 0 Å². The molecule has 6 nitrogen and oxygen atoms in total. The molecule has 1 aliphatic heterocycles. The summed E-state index contributed by atoms with van der Waals surface area (Å²) in [6.45, 7) is 6.35. The first kappa shape index (κ1) is 17.8. The highest BCUT2D eigenvalue weighted by Gasteiger charge is 2.26. The molecule has 1 saturated heterocycles. The van der Waals surface area contributed by atoms with Crippen LogP contribution in [0.1, 0.15) is 12.5 Å². The Balaban J connectivity index is 1.48. The summed E-state index contributed by atoms with van der Waals surface area (Å²) in [5, 5.41) is 3.53. The minimum atomic E-state index is -0.211. The third-order valence-corrected chi connectivity index (χ3v) is 4.67. The van der Waals surface area contributed by atoms with Gasteiger partial charge in [-0.3, -0.25) is 19.9 Å². The summed E-state index contributed by atoms with van der Waals surface area (Å²) in [7, 11) is 0. The number of halogens is 1. The average Bonchev–Trinajstić information content (AvgIpc) is 2.62. The van der Waals surface area contributed by atoms with E-state index < -0.39 is 0 Å². The highest BCUT2D eigenvalue weighted by Crippen LogP contribution is 2.15. The predicted molar refractivity (Wildman–Crippen MR) is 98.4 cm³/mol. The molecule has 132 valence electrons. The van der Waals surface area contributed by atoms with E-state index in [1.807, 2.05) is 25.1 Å². The van der Waals surface area contributed by atoms with E-state index in [1.165, 1.54) is 5.56 Å². The molecule has 3 rings (SSSR count). The maximum Gasteiger partial charge on any atom is 0.243 e. The molecule has 1 unspecified atom stereocenters. The van der Waals surface area contributed by atoms with Crippen LogP contribution in [0.5, 0.6) is 0 Å². The first-order valence-electron chi connectivity index (χ1n) is 8.40. The Morgan fingerprint density at radius 2 is 1.92 bits per heavy atom. The smallest absolute Gasteiger partial charge is 0.243 e. The van der Waals surface area contributed by atoms with Crippen LogP contribution in [-0.2, 0) is 11.3 Å². The number of rotatable bonds is 5. The second-order valence-electron chi connectivity index (χ2n) is 6.18. The standard InChI is InChI=1S/C18H22ClN5O/c1-14(17(25)22-18-20-6-3-7-21-18)24-10-8-23(9-11-24)13-15-4-2-5-16(19)12-15/h2-7,12,14H,8-11,13H2,1H3,(H,20,21,22,25). The van der Waals surface area contributed by atoms with Crippen molar-refractivity contribution in [2.75, 3.05) is 31.5 Å². The molecule has 1 aromatic heterocycles. The highest BCUT2D eigenvalue weighted by atomic mass is 35.5. The Hall–Kier alpha value is -2.02.